The molecule has 6 heteroatoms. The number of hydrogen-bond acceptors (Lipinski definition) is 2. The maximum absolute atomic E-state index is 12.4. The van der Waals surface area contributed by atoms with Crippen molar-refractivity contribution < 1.29 is 9.59 Å². The Hall–Kier alpha value is -1.26. The monoisotopic (exact) mass is 354 g/mol. The number of rotatable bonds is 4. The van der Waals surface area contributed by atoms with Crippen molar-refractivity contribution in [1.29, 1.82) is 0 Å². The predicted molar refractivity (Wildman–Crippen MR) is 91.7 cm³/mol. The average molecular weight is 355 g/mol. The summed E-state index contributed by atoms with van der Waals surface area (Å²) < 4.78 is 0. The van der Waals surface area contributed by atoms with Crippen molar-refractivity contribution >= 4 is 40.7 Å². The first kappa shape index (κ1) is 16.6. The Kier molecular flexibility index (Phi) is 5.12. The minimum absolute atomic E-state index is 0.0461. The second kappa shape index (κ2) is 7.10. The van der Waals surface area contributed by atoms with E-state index >= 15 is 0 Å². The summed E-state index contributed by atoms with van der Waals surface area (Å²) in [6.45, 7) is 0. The number of anilines is 1. The van der Waals surface area contributed by atoms with Crippen LogP contribution in [0.5, 0.6) is 0 Å². The molecular weight excluding hydrogens is 335 g/mol. The highest BCUT2D eigenvalue weighted by molar-refractivity contribution is 6.35. The van der Waals surface area contributed by atoms with Gasteiger partial charge in [-0.1, -0.05) is 23.2 Å². The third-order valence-electron chi connectivity index (χ3n) is 4.58. The minimum Gasteiger partial charge on any atom is -0.353 e. The van der Waals surface area contributed by atoms with Crippen LogP contribution in [-0.4, -0.2) is 17.9 Å². The highest BCUT2D eigenvalue weighted by Crippen LogP contribution is 2.32. The number of hydrogen-bond donors (Lipinski definition) is 2. The first-order valence-electron chi connectivity index (χ1n) is 8.09. The molecule has 2 aliphatic rings. The van der Waals surface area contributed by atoms with Gasteiger partial charge in [-0.05, 0) is 56.7 Å². The molecule has 2 saturated carbocycles. The Morgan fingerprint density at radius 3 is 2.13 bits per heavy atom. The number of amides is 2. The van der Waals surface area contributed by atoms with Gasteiger partial charge in [0.25, 0.3) is 0 Å². The van der Waals surface area contributed by atoms with Crippen molar-refractivity contribution in [2.24, 2.45) is 11.8 Å². The number of halogens is 2. The molecule has 0 bridgehead atoms. The van der Waals surface area contributed by atoms with E-state index in [1.807, 2.05) is 0 Å². The van der Waals surface area contributed by atoms with Crippen molar-refractivity contribution in [1.82, 2.24) is 5.32 Å². The summed E-state index contributed by atoms with van der Waals surface area (Å²) in [5, 5.41) is 6.91. The highest BCUT2D eigenvalue weighted by Gasteiger charge is 2.32. The van der Waals surface area contributed by atoms with Crippen molar-refractivity contribution in [3.8, 4) is 0 Å². The minimum atomic E-state index is -0.0741. The van der Waals surface area contributed by atoms with Gasteiger partial charge in [0.15, 0.2) is 0 Å². The molecule has 0 heterocycles. The molecule has 4 nitrogen and oxygen atoms in total. The number of nitrogens with one attached hydrogen (secondary N) is 2. The SMILES string of the molecule is O=C(Nc1cc(Cl)ccc1Cl)C1CCC(C(=O)NC2CC2)CC1. The molecule has 0 unspecified atom stereocenters. The molecule has 0 aliphatic heterocycles. The molecule has 2 amide bonds. The van der Waals surface area contributed by atoms with Gasteiger partial charge in [-0.3, -0.25) is 9.59 Å². The third kappa shape index (κ3) is 4.39. The second-order valence-corrected chi connectivity index (χ2v) is 7.29. The topological polar surface area (TPSA) is 58.2 Å². The maximum Gasteiger partial charge on any atom is 0.227 e. The molecule has 0 spiro atoms. The van der Waals surface area contributed by atoms with E-state index < -0.39 is 0 Å². The van der Waals surface area contributed by atoms with Crippen LogP contribution in [0.25, 0.3) is 0 Å². The fraction of sp³-hybridized carbons (Fsp3) is 0.529. The van der Waals surface area contributed by atoms with E-state index in [9.17, 15) is 9.59 Å². The molecule has 23 heavy (non-hydrogen) atoms. The van der Waals surface area contributed by atoms with E-state index in [-0.39, 0.29) is 23.7 Å². The fourth-order valence-electron chi connectivity index (χ4n) is 2.99. The van der Waals surface area contributed by atoms with E-state index in [4.69, 9.17) is 23.2 Å². The normalized spacial score (nSPS) is 24.1. The number of carbonyl (C=O) groups is 2. The molecule has 2 fully saturated rings. The number of benzene rings is 1. The van der Waals surface area contributed by atoms with Crippen molar-refractivity contribution in [3.05, 3.63) is 28.2 Å². The summed E-state index contributed by atoms with van der Waals surface area (Å²) in [5.74, 6) is 0.0869. The zero-order valence-corrected chi connectivity index (χ0v) is 14.3. The molecule has 0 aromatic heterocycles. The summed E-state index contributed by atoms with van der Waals surface area (Å²) in [6.07, 6.45) is 5.19. The van der Waals surface area contributed by atoms with Gasteiger partial charge in [-0.2, -0.15) is 0 Å². The molecule has 124 valence electrons. The predicted octanol–water partition coefficient (Wildman–Crippen LogP) is 4.02. The van der Waals surface area contributed by atoms with Gasteiger partial charge < -0.3 is 10.6 Å². The van der Waals surface area contributed by atoms with Crippen LogP contribution in [0.4, 0.5) is 5.69 Å². The van der Waals surface area contributed by atoms with Gasteiger partial charge in [0.05, 0.1) is 10.7 Å². The van der Waals surface area contributed by atoms with Crippen LogP contribution < -0.4 is 10.6 Å². The van der Waals surface area contributed by atoms with Gasteiger partial charge in [-0.25, -0.2) is 0 Å². The molecule has 1 aromatic rings. The van der Waals surface area contributed by atoms with Crippen molar-refractivity contribution in [3.63, 3.8) is 0 Å². The molecule has 2 aliphatic carbocycles. The molecule has 0 radical (unpaired) electrons. The van der Waals surface area contributed by atoms with E-state index in [1.54, 1.807) is 18.2 Å². The largest absolute Gasteiger partial charge is 0.353 e. The van der Waals surface area contributed by atoms with Crippen LogP contribution >= 0.6 is 23.2 Å². The van der Waals surface area contributed by atoms with Gasteiger partial charge in [-0.15, -0.1) is 0 Å². The summed E-state index contributed by atoms with van der Waals surface area (Å²) in [6, 6.07) is 5.40. The summed E-state index contributed by atoms with van der Waals surface area (Å²) in [5.41, 5.74) is 0.540. The van der Waals surface area contributed by atoms with Gasteiger partial charge in [0.2, 0.25) is 11.8 Å². The van der Waals surface area contributed by atoms with Crippen molar-refractivity contribution in [2.75, 3.05) is 5.32 Å². The Morgan fingerprint density at radius 2 is 1.52 bits per heavy atom. The van der Waals surface area contributed by atoms with E-state index in [1.165, 1.54) is 0 Å². The Balaban J connectivity index is 1.51. The van der Waals surface area contributed by atoms with Crippen LogP contribution in [0.15, 0.2) is 18.2 Å². The lowest BCUT2D eigenvalue weighted by Gasteiger charge is -2.27. The lowest BCUT2D eigenvalue weighted by atomic mass is 9.81. The fourth-order valence-corrected chi connectivity index (χ4v) is 3.33. The summed E-state index contributed by atoms with van der Waals surface area (Å²) >= 11 is 12.0. The van der Waals surface area contributed by atoms with E-state index in [0.29, 0.717) is 21.8 Å². The van der Waals surface area contributed by atoms with Crippen LogP contribution in [-0.2, 0) is 9.59 Å². The zero-order chi connectivity index (χ0) is 16.4. The maximum atomic E-state index is 12.4. The summed E-state index contributed by atoms with van der Waals surface area (Å²) in [7, 11) is 0. The molecule has 1 aromatic carbocycles. The average Bonchev–Trinajstić information content (AvgIpc) is 3.35. The Bertz CT molecular complexity index is 609. The zero-order valence-electron chi connectivity index (χ0n) is 12.8. The van der Waals surface area contributed by atoms with Crippen LogP contribution in [0, 0.1) is 11.8 Å². The molecule has 0 saturated heterocycles. The second-order valence-electron chi connectivity index (χ2n) is 6.44. The quantitative estimate of drug-likeness (QED) is 0.857. The summed E-state index contributed by atoms with van der Waals surface area (Å²) in [4.78, 5) is 24.4. The molecule has 2 N–H and O–H groups in total. The van der Waals surface area contributed by atoms with Gasteiger partial charge in [0.1, 0.15) is 0 Å². The lowest BCUT2D eigenvalue weighted by molar-refractivity contribution is -0.128. The Morgan fingerprint density at radius 1 is 0.913 bits per heavy atom. The van der Waals surface area contributed by atoms with Crippen LogP contribution in [0.3, 0.4) is 0 Å². The molecule has 3 rings (SSSR count). The smallest absolute Gasteiger partial charge is 0.227 e. The third-order valence-corrected chi connectivity index (χ3v) is 5.14. The highest BCUT2D eigenvalue weighted by atomic mass is 35.5. The standard InChI is InChI=1S/C17H20Cl2N2O2/c18-12-5-8-14(19)15(9-12)21-17(23)11-3-1-10(2-4-11)16(22)20-13-6-7-13/h5,8-11,13H,1-4,6-7H2,(H,20,22)(H,21,23). The Labute approximate surface area is 145 Å². The first-order chi connectivity index (χ1) is 11.0. The first-order valence-corrected chi connectivity index (χ1v) is 8.85. The number of carbonyl (C=O) groups excluding carboxylic acids is 2. The van der Waals surface area contributed by atoms with Crippen LogP contribution in [0.1, 0.15) is 38.5 Å². The van der Waals surface area contributed by atoms with Gasteiger partial charge >= 0.3 is 0 Å². The lowest BCUT2D eigenvalue weighted by Crippen LogP contribution is -2.36. The van der Waals surface area contributed by atoms with E-state index in [0.717, 1.165) is 38.5 Å². The molecule has 0 atom stereocenters. The van der Waals surface area contributed by atoms with Crippen LogP contribution in [0.2, 0.25) is 10.0 Å². The van der Waals surface area contributed by atoms with Gasteiger partial charge in [0, 0.05) is 22.9 Å². The molecular formula is C17H20Cl2N2O2. The van der Waals surface area contributed by atoms with E-state index in [2.05, 4.69) is 10.6 Å². The van der Waals surface area contributed by atoms with Crippen molar-refractivity contribution in [2.45, 2.75) is 44.6 Å².